The summed E-state index contributed by atoms with van der Waals surface area (Å²) in [5.41, 5.74) is 1.01. The lowest BCUT2D eigenvalue weighted by Crippen LogP contribution is -2.46. The van der Waals surface area contributed by atoms with Crippen molar-refractivity contribution in [1.82, 2.24) is 10.3 Å². The molecule has 1 N–H and O–H groups in total. The van der Waals surface area contributed by atoms with Crippen LogP contribution >= 0.6 is 0 Å². The molecule has 6 heteroatoms. The Balaban J connectivity index is 1.69. The number of benzene rings is 1. The summed E-state index contributed by atoms with van der Waals surface area (Å²) in [6, 6.07) is 13.0. The average Bonchev–Trinajstić information content (AvgIpc) is 2.58. The van der Waals surface area contributed by atoms with E-state index in [1.165, 1.54) is 4.90 Å². The van der Waals surface area contributed by atoms with Crippen LogP contribution in [0.1, 0.15) is 18.5 Å². The maximum absolute atomic E-state index is 12.3. The number of hydrogen-bond acceptors (Lipinski definition) is 4. The molecule has 2 amide bonds. The van der Waals surface area contributed by atoms with Crippen LogP contribution in [0.4, 0.5) is 5.82 Å². The third kappa shape index (κ3) is 3.31. The van der Waals surface area contributed by atoms with Gasteiger partial charge in [0, 0.05) is 6.20 Å². The fourth-order valence-electron chi connectivity index (χ4n) is 2.45. The molecule has 1 aliphatic rings. The quantitative estimate of drug-likeness (QED) is 0.932. The predicted molar refractivity (Wildman–Crippen MR) is 85.1 cm³/mol. The van der Waals surface area contributed by atoms with Gasteiger partial charge in [-0.1, -0.05) is 30.3 Å². The Morgan fingerprint density at radius 1 is 1.30 bits per heavy atom. The van der Waals surface area contributed by atoms with Gasteiger partial charge in [0.05, 0.1) is 6.04 Å². The Morgan fingerprint density at radius 2 is 2.09 bits per heavy atom. The molecule has 2 aromatic rings. The fraction of sp³-hybridized carbons (Fsp3) is 0.235. The molecule has 23 heavy (non-hydrogen) atoms. The van der Waals surface area contributed by atoms with Crippen molar-refractivity contribution in [2.24, 2.45) is 0 Å². The van der Waals surface area contributed by atoms with E-state index in [0.717, 1.165) is 5.56 Å². The molecule has 3 rings (SSSR count). The van der Waals surface area contributed by atoms with Gasteiger partial charge in [0.15, 0.2) is 18.2 Å². The van der Waals surface area contributed by atoms with Crippen LogP contribution in [0.5, 0.6) is 5.75 Å². The molecule has 118 valence electrons. The first-order chi connectivity index (χ1) is 11.1. The summed E-state index contributed by atoms with van der Waals surface area (Å²) >= 11 is 0. The Morgan fingerprint density at radius 3 is 2.87 bits per heavy atom. The highest BCUT2D eigenvalue weighted by molar-refractivity contribution is 6.01. The molecule has 1 aromatic carbocycles. The molecule has 6 nitrogen and oxygen atoms in total. The van der Waals surface area contributed by atoms with Crippen LogP contribution in [0.2, 0.25) is 0 Å². The van der Waals surface area contributed by atoms with Gasteiger partial charge >= 0.3 is 0 Å². The molecule has 0 saturated carbocycles. The number of nitrogens with zero attached hydrogens (tertiary/aromatic N) is 2. The minimum atomic E-state index is -0.279. The van der Waals surface area contributed by atoms with Crippen LogP contribution < -0.4 is 15.0 Å². The lowest BCUT2D eigenvalue weighted by Gasteiger charge is -2.28. The molecule has 0 saturated heterocycles. The first-order valence-electron chi connectivity index (χ1n) is 7.37. The highest BCUT2D eigenvalue weighted by Crippen LogP contribution is 2.28. The number of carbonyl (C=O) groups excluding carboxylic acids is 2. The van der Waals surface area contributed by atoms with Crippen LogP contribution in [0.3, 0.4) is 0 Å². The lowest BCUT2D eigenvalue weighted by atomic mass is 10.1. The van der Waals surface area contributed by atoms with Gasteiger partial charge in [0.1, 0.15) is 6.54 Å². The Bertz CT molecular complexity index is 718. The number of hydrogen-bond donors (Lipinski definition) is 1. The van der Waals surface area contributed by atoms with Crippen molar-refractivity contribution in [3.05, 3.63) is 54.2 Å². The average molecular weight is 311 g/mol. The molecule has 0 bridgehead atoms. The molecule has 2 heterocycles. The van der Waals surface area contributed by atoms with E-state index in [9.17, 15) is 9.59 Å². The van der Waals surface area contributed by atoms with E-state index in [-0.39, 0.29) is 31.0 Å². The van der Waals surface area contributed by atoms with Gasteiger partial charge in [-0.15, -0.1) is 0 Å². The van der Waals surface area contributed by atoms with Crippen LogP contribution in [0.25, 0.3) is 0 Å². The summed E-state index contributed by atoms with van der Waals surface area (Å²) in [6.45, 7) is 1.74. The van der Waals surface area contributed by atoms with Crippen molar-refractivity contribution < 1.29 is 14.3 Å². The summed E-state index contributed by atoms with van der Waals surface area (Å²) in [7, 11) is 0. The number of nitrogens with one attached hydrogen (secondary N) is 1. The number of pyridine rings is 1. The summed E-state index contributed by atoms with van der Waals surface area (Å²) < 4.78 is 5.31. The van der Waals surface area contributed by atoms with Gasteiger partial charge in [-0.25, -0.2) is 4.98 Å². The maximum Gasteiger partial charge on any atom is 0.266 e. The highest BCUT2D eigenvalue weighted by Gasteiger charge is 2.28. The second-order valence-corrected chi connectivity index (χ2v) is 5.29. The summed E-state index contributed by atoms with van der Waals surface area (Å²) in [6.07, 6.45) is 1.57. The van der Waals surface area contributed by atoms with E-state index in [1.807, 2.05) is 37.3 Å². The largest absolute Gasteiger partial charge is 0.480 e. The van der Waals surface area contributed by atoms with Gasteiger partial charge in [-0.3, -0.25) is 14.5 Å². The van der Waals surface area contributed by atoms with E-state index >= 15 is 0 Å². The third-order valence-electron chi connectivity index (χ3n) is 3.64. The maximum atomic E-state index is 12.3. The van der Waals surface area contributed by atoms with E-state index < -0.39 is 0 Å². The number of rotatable bonds is 4. The molecule has 0 radical (unpaired) electrons. The van der Waals surface area contributed by atoms with Crippen LogP contribution in [-0.2, 0) is 9.59 Å². The number of anilines is 1. The summed E-state index contributed by atoms with van der Waals surface area (Å²) in [4.78, 5) is 29.8. The lowest BCUT2D eigenvalue weighted by molar-refractivity contribution is -0.125. The first-order valence-corrected chi connectivity index (χ1v) is 7.37. The van der Waals surface area contributed by atoms with Gasteiger partial charge in [-0.05, 0) is 24.6 Å². The molecule has 1 aliphatic heterocycles. The number of carbonyl (C=O) groups is 2. The third-order valence-corrected chi connectivity index (χ3v) is 3.64. The highest BCUT2D eigenvalue weighted by atomic mass is 16.5. The molecule has 1 aromatic heterocycles. The molecular weight excluding hydrogens is 294 g/mol. The number of amides is 2. The van der Waals surface area contributed by atoms with Gasteiger partial charge < -0.3 is 10.1 Å². The summed E-state index contributed by atoms with van der Waals surface area (Å²) in [5.74, 6) is 0.370. The molecule has 0 fully saturated rings. The fourth-order valence-corrected chi connectivity index (χ4v) is 2.45. The van der Waals surface area contributed by atoms with E-state index in [1.54, 1.807) is 18.3 Å². The normalized spacial score (nSPS) is 14.7. The van der Waals surface area contributed by atoms with Crippen molar-refractivity contribution >= 4 is 17.6 Å². The van der Waals surface area contributed by atoms with Crippen LogP contribution in [0, 0.1) is 0 Å². The van der Waals surface area contributed by atoms with Gasteiger partial charge in [0.2, 0.25) is 5.91 Å². The SMILES string of the molecule is CC(NC(=O)CN1C(=O)COc2cccnc21)c1ccccc1. The van der Waals surface area contributed by atoms with E-state index in [4.69, 9.17) is 4.74 Å². The minimum Gasteiger partial charge on any atom is -0.480 e. The van der Waals surface area contributed by atoms with Crippen molar-refractivity contribution in [2.75, 3.05) is 18.1 Å². The second kappa shape index (κ2) is 6.48. The smallest absolute Gasteiger partial charge is 0.266 e. The molecular formula is C17H17N3O3. The van der Waals surface area contributed by atoms with Crippen LogP contribution in [-0.4, -0.2) is 29.9 Å². The number of fused-ring (bicyclic) bond motifs is 1. The minimum absolute atomic E-state index is 0.0800. The predicted octanol–water partition coefficient (Wildman–Crippen LogP) is 1.68. The van der Waals surface area contributed by atoms with Crippen molar-refractivity contribution in [3.63, 3.8) is 0 Å². The summed E-state index contributed by atoms with van der Waals surface area (Å²) in [5, 5.41) is 2.89. The second-order valence-electron chi connectivity index (χ2n) is 5.29. The molecule has 1 atom stereocenters. The first kappa shape index (κ1) is 15.0. The molecule has 1 unspecified atom stereocenters. The molecule has 0 aliphatic carbocycles. The van der Waals surface area contributed by atoms with Gasteiger partial charge in [-0.2, -0.15) is 0 Å². The Hall–Kier alpha value is -2.89. The standard InChI is InChI=1S/C17H17N3O3/c1-12(13-6-3-2-4-7-13)19-15(21)10-20-16(22)11-23-14-8-5-9-18-17(14)20/h2-9,12H,10-11H2,1H3,(H,19,21). The topological polar surface area (TPSA) is 71.5 Å². The van der Waals surface area contributed by atoms with Crippen molar-refractivity contribution in [1.29, 1.82) is 0 Å². The Kier molecular flexibility index (Phi) is 4.23. The Labute approximate surface area is 134 Å². The van der Waals surface area contributed by atoms with Crippen molar-refractivity contribution in [3.8, 4) is 5.75 Å². The molecule has 0 spiro atoms. The zero-order chi connectivity index (χ0) is 16.2. The van der Waals surface area contributed by atoms with Crippen molar-refractivity contribution in [2.45, 2.75) is 13.0 Å². The van der Waals surface area contributed by atoms with E-state index in [0.29, 0.717) is 11.6 Å². The van der Waals surface area contributed by atoms with E-state index in [2.05, 4.69) is 10.3 Å². The zero-order valence-corrected chi connectivity index (χ0v) is 12.7. The van der Waals surface area contributed by atoms with Gasteiger partial charge in [0.25, 0.3) is 5.91 Å². The number of aromatic nitrogens is 1. The van der Waals surface area contributed by atoms with Crippen LogP contribution in [0.15, 0.2) is 48.7 Å². The monoisotopic (exact) mass is 311 g/mol. The number of ether oxygens (including phenoxy) is 1. The zero-order valence-electron chi connectivity index (χ0n) is 12.7.